The van der Waals surface area contributed by atoms with Crippen LogP contribution in [0.3, 0.4) is 0 Å². The summed E-state index contributed by atoms with van der Waals surface area (Å²) in [5.74, 6) is -1.92. The number of esters is 1. The third-order valence-corrected chi connectivity index (χ3v) is 4.46. The Morgan fingerprint density at radius 2 is 1.83 bits per heavy atom. The molecule has 0 aliphatic carbocycles. The van der Waals surface area contributed by atoms with Gasteiger partial charge >= 0.3 is 5.97 Å². The molecular formula is C21H17ClFN3O3. The molecule has 29 heavy (non-hydrogen) atoms. The van der Waals surface area contributed by atoms with Gasteiger partial charge in [0.05, 0.1) is 11.4 Å². The van der Waals surface area contributed by atoms with E-state index in [0.29, 0.717) is 22.5 Å². The number of aryl methyl sites for hydroxylation is 1. The Kier molecular flexibility index (Phi) is 6.09. The number of benzene rings is 2. The second kappa shape index (κ2) is 8.70. The summed E-state index contributed by atoms with van der Waals surface area (Å²) in [5, 5.41) is 4.55. The minimum Gasteiger partial charge on any atom is -0.444 e. The highest BCUT2D eigenvalue weighted by Crippen LogP contribution is 2.25. The number of aromatic nitrogens is 2. The molecule has 6 nitrogen and oxygen atoms in total. The molecule has 0 bridgehead atoms. The Labute approximate surface area is 171 Å². The standard InChI is InChI=1S/C21H17ClFN3O3/c1-13-17(20(22)26(25-13)16-9-7-15(23)8-10-16)11-12-18(27)29-19(21(24)28)14-5-3-2-4-6-14/h2-12,19H,1H3,(H2,24,28). The zero-order chi connectivity index (χ0) is 21.0. The first-order valence-corrected chi connectivity index (χ1v) is 8.98. The number of rotatable bonds is 6. The van der Waals surface area contributed by atoms with Crippen LogP contribution in [0.1, 0.15) is 22.9 Å². The smallest absolute Gasteiger partial charge is 0.331 e. The number of amides is 1. The van der Waals surface area contributed by atoms with Crippen molar-refractivity contribution >= 4 is 29.6 Å². The molecule has 1 atom stereocenters. The number of carbonyl (C=O) groups is 2. The van der Waals surface area contributed by atoms with Gasteiger partial charge in [-0.15, -0.1) is 0 Å². The minimum atomic E-state index is -1.20. The molecule has 1 heterocycles. The maximum Gasteiger partial charge on any atom is 0.331 e. The molecule has 0 radical (unpaired) electrons. The predicted molar refractivity (Wildman–Crippen MR) is 107 cm³/mol. The normalized spacial score (nSPS) is 12.1. The molecule has 0 aliphatic heterocycles. The summed E-state index contributed by atoms with van der Waals surface area (Å²) in [7, 11) is 0. The molecule has 1 unspecified atom stereocenters. The fourth-order valence-electron chi connectivity index (χ4n) is 2.68. The highest BCUT2D eigenvalue weighted by Gasteiger charge is 2.21. The molecule has 0 saturated heterocycles. The van der Waals surface area contributed by atoms with Crippen LogP contribution in [0, 0.1) is 12.7 Å². The maximum atomic E-state index is 13.1. The number of halogens is 2. The summed E-state index contributed by atoms with van der Waals surface area (Å²) in [5.41, 5.74) is 7.43. The largest absolute Gasteiger partial charge is 0.444 e. The van der Waals surface area contributed by atoms with Crippen molar-refractivity contribution in [2.24, 2.45) is 5.73 Å². The van der Waals surface area contributed by atoms with Gasteiger partial charge in [0.25, 0.3) is 5.91 Å². The van der Waals surface area contributed by atoms with Gasteiger partial charge in [-0.3, -0.25) is 4.79 Å². The zero-order valence-corrected chi connectivity index (χ0v) is 16.1. The second-order valence-electron chi connectivity index (χ2n) is 6.14. The van der Waals surface area contributed by atoms with Crippen LogP contribution in [0.15, 0.2) is 60.7 Å². The van der Waals surface area contributed by atoms with Crippen LogP contribution in [0.25, 0.3) is 11.8 Å². The van der Waals surface area contributed by atoms with Gasteiger partial charge in [0, 0.05) is 17.2 Å². The van der Waals surface area contributed by atoms with Gasteiger partial charge in [0.15, 0.2) is 0 Å². The Balaban J connectivity index is 1.79. The van der Waals surface area contributed by atoms with E-state index in [1.54, 1.807) is 37.3 Å². The molecule has 3 aromatic rings. The molecule has 3 rings (SSSR count). The molecular weight excluding hydrogens is 397 g/mol. The van der Waals surface area contributed by atoms with Gasteiger partial charge < -0.3 is 10.5 Å². The van der Waals surface area contributed by atoms with Crippen molar-refractivity contribution in [1.29, 1.82) is 0 Å². The second-order valence-corrected chi connectivity index (χ2v) is 6.50. The SMILES string of the molecule is Cc1nn(-c2ccc(F)cc2)c(Cl)c1C=CC(=O)OC(C(N)=O)c1ccccc1. The third-order valence-electron chi connectivity index (χ3n) is 4.10. The van der Waals surface area contributed by atoms with Crippen LogP contribution < -0.4 is 5.73 Å². The van der Waals surface area contributed by atoms with Crippen molar-refractivity contribution in [3.05, 3.63) is 88.5 Å². The fraction of sp³-hybridized carbons (Fsp3) is 0.0952. The molecule has 8 heteroatoms. The lowest BCUT2D eigenvalue weighted by Crippen LogP contribution is -2.25. The number of carbonyl (C=O) groups excluding carboxylic acids is 2. The van der Waals surface area contributed by atoms with Crippen molar-refractivity contribution in [3.63, 3.8) is 0 Å². The fourth-order valence-corrected chi connectivity index (χ4v) is 3.01. The van der Waals surface area contributed by atoms with E-state index in [9.17, 15) is 14.0 Å². The van der Waals surface area contributed by atoms with E-state index in [-0.39, 0.29) is 11.0 Å². The van der Waals surface area contributed by atoms with Crippen molar-refractivity contribution in [1.82, 2.24) is 9.78 Å². The Hall–Kier alpha value is -3.45. The molecule has 2 aromatic carbocycles. The number of nitrogens with zero attached hydrogens (tertiary/aromatic N) is 2. The number of ether oxygens (including phenoxy) is 1. The number of hydrogen-bond acceptors (Lipinski definition) is 4. The topological polar surface area (TPSA) is 87.2 Å². The van der Waals surface area contributed by atoms with Gasteiger partial charge in [-0.2, -0.15) is 5.10 Å². The van der Waals surface area contributed by atoms with Gasteiger partial charge in [-0.1, -0.05) is 41.9 Å². The van der Waals surface area contributed by atoms with Crippen molar-refractivity contribution in [2.45, 2.75) is 13.0 Å². The van der Waals surface area contributed by atoms with Gasteiger partial charge in [0.1, 0.15) is 11.0 Å². The predicted octanol–water partition coefficient (Wildman–Crippen LogP) is 3.76. The van der Waals surface area contributed by atoms with Gasteiger partial charge in [-0.25, -0.2) is 13.9 Å². The average molecular weight is 414 g/mol. The van der Waals surface area contributed by atoms with E-state index in [0.717, 1.165) is 6.08 Å². The van der Waals surface area contributed by atoms with Crippen LogP contribution >= 0.6 is 11.6 Å². The van der Waals surface area contributed by atoms with E-state index in [2.05, 4.69) is 5.10 Å². The maximum absolute atomic E-state index is 13.1. The molecule has 0 fully saturated rings. The molecule has 148 valence electrons. The zero-order valence-electron chi connectivity index (χ0n) is 15.4. The van der Waals surface area contributed by atoms with Gasteiger partial charge in [0.2, 0.25) is 6.10 Å². The van der Waals surface area contributed by atoms with E-state index in [1.165, 1.54) is 35.0 Å². The first-order valence-electron chi connectivity index (χ1n) is 8.61. The summed E-state index contributed by atoms with van der Waals surface area (Å²) in [6.45, 7) is 1.72. The van der Waals surface area contributed by atoms with Crippen LogP contribution in [0.2, 0.25) is 5.15 Å². The summed E-state index contributed by atoms with van der Waals surface area (Å²) in [6, 6.07) is 14.1. The molecule has 0 saturated carbocycles. The van der Waals surface area contributed by atoms with Crippen LogP contribution in [-0.4, -0.2) is 21.7 Å². The molecule has 0 aliphatic rings. The minimum absolute atomic E-state index is 0.243. The number of nitrogens with two attached hydrogens (primary N) is 1. The Morgan fingerprint density at radius 3 is 2.45 bits per heavy atom. The summed E-state index contributed by atoms with van der Waals surface area (Å²) in [4.78, 5) is 23.9. The molecule has 0 spiro atoms. The summed E-state index contributed by atoms with van der Waals surface area (Å²) in [6.07, 6.45) is 1.38. The van der Waals surface area contributed by atoms with Crippen molar-refractivity contribution < 1.29 is 18.7 Å². The Morgan fingerprint density at radius 1 is 1.17 bits per heavy atom. The van der Waals surface area contributed by atoms with Gasteiger partial charge in [-0.05, 0) is 37.3 Å². The molecule has 1 aromatic heterocycles. The third kappa shape index (κ3) is 4.70. The first-order chi connectivity index (χ1) is 13.9. The Bertz CT molecular complexity index is 1060. The lowest BCUT2D eigenvalue weighted by Gasteiger charge is -2.13. The number of primary amides is 1. The molecule has 1 amide bonds. The highest BCUT2D eigenvalue weighted by atomic mass is 35.5. The average Bonchev–Trinajstić information content (AvgIpc) is 2.99. The van der Waals surface area contributed by atoms with E-state index < -0.39 is 18.0 Å². The monoisotopic (exact) mass is 413 g/mol. The highest BCUT2D eigenvalue weighted by molar-refractivity contribution is 6.31. The lowest BCUT2D eigenvalue weighted by molar-refractivity contribution is -0.150. The van der Waals surface area contributed by atoms with Crippen LogP contribution in [-0.2, 0) is 14.3 Å². The summed E-state index contributed by atoms with van der Waals surface area (Å²) < 4.78 is 19.7. The van der Waals surface area contributed by atoms with Crippen LogP contribution in [0.5, 0.6) is 0 Å². The van der Waals surface area contributed by atoms with E-state index >= 15 is 0 Å². The van der Waals surface area contributed by atoms with E-state index in [1.807, 2.05) is 0 Å². The lowest BCUT2D eigenvalue weighted by atomic mass is 10.1. The number of hydrogen-bond donors (Lipinski definition) is 1. The molecule has 2 N–H and O–H groups in total. The summed E-state index contributed by atoms with van der Waals surface area (Å²) >= 11 is 6.37. The van der Waals surface area contributed by atoms with E-state index in [4.69, 9.17) is 22.1 Å². The van der Waals surface area contributed by atoms with Crippen molar-refractivity contribution in [2.75, 3.05) is 0 Å². The quantitative estimate of drug-likeness (QED) is 0.492. The first kappa shape index (κ1) is 20.3. The van der Waals surface area contributed by atoms with Crippen LogP contribution in [0.4, 0.5) is 4.39 Å². The van der Waals surface area contributed by atoms with Crippen molar-refractivity contribution in [3.8, 4) is 5.69 Å².